The molecule has 1 aromatic carbocycles. The fourth-order valence-corrected chi connectivity index (χ4v) is 1.71. The number of aryl methyl sites for hydroxylation is 1. The molecule has 0 bridgehead atoms. The molecular formula is C19H30F3NO4. The van der Waals surface area contributed by atoms with E-state index < -0.39 is 29.1 Å². The van der Waals surface area contributed by atoms with E-state index in [4.69, 9.17) is 5.73 Å². The van der Waals surface area contributed by atoms with E-state index in [-0.39, 0.29) is 24.4 Å². The second-order valence-electron chi connectivity index (χ2n) is 6.05. The molecule has 0 aliphatic heterocycles. The van der Waals surface area contributed by atoms with Crippen molar-refractivity contribution < 1.29 is 32.2 Å². The van der Waals surface area contributed by atoms with Crippen LogP contribution in [-0.4, -0.2) is 24.3 Å². The van der Waals surface area contributed by atoms with Crippen LogP contribution < -0.4 is 5.73 Å². The van der Waals surface area contributed by atoms with Gasteiger partial charge in [-0.15, -0.1) is 0 Å². The normalized spacial score (nSPS) is 9.96. The Bertz CT molecular complexity index is 587. The molecule has 0 atom stereocenters. The van der Waals surface area contributed by atoms with Crippen LogP contribution in [0.25, 0.3) is 0 Å². The summed E-state index contributed by atoms with van der Waals surface area (Å²) in [5.74, 6) is -3.47. The number of carbonyl (C=O) groups excluding carboxylic acids is 2. The minimum absolute atomic E-state index is 0.0631. The highest BCUT2D eigenvalue weighted by Gasteiger charge is 2.12. The van der Waals surface area contributed by atoms with Crippen molar-refractivity contribution in [1.82, 2.24) is 0 Å². The Morgan fingerprint density at radius 2 is 1.56 bits per heavy atom. The van der Waals surface area contributed by atoms with Gasteiger partial charge in [0.05, 0.1) is 6.61 Å². The molecule has 0 saturated heterocycles. The molecular weight excluding hydrogens is 363 g/mol. The fourth-order valence-electron chi connectivity index (χ4n) is 1.71. The molecule has 0 spiro atoms. The molecule has 0 saturated carbocycles. The number of benzene rings is 1. The molecule has 5 nitrogen and oxygen atoms in total. The SMILES string of the molecule is CC.CC(C)(C)OC(N)=O.CCOC(=O)CCCc1cc(F)c(F)cc1F. The zero-order valence-electron chi connectivity index (χ0n) is 16.8. The Balaban J connectivity index is 0. The largest absolute Gasteiger partial charge is 0.466 e. The molecule has 0 aromatic heterocycles. The van der Waals surface area contributed by atoms with E-state index in [9.17, 15) is 22.8 Å². The number of amides is 1. The number of nitrogens with two attached hydrogens (primary N) is 1. The summed E-state index contributed by atoms with van der Waals surface area (Å²) in [5, 5.41) is 0. The van der Waals surface area contributed by atoms with Gasteiger partial charge in [0, 0.05) is 12.5 Å². The third-order valence-corrected chi connectivity index (χ3v) is 2.63. The smallest absolute Gasteiger partial charge is 0.405 e. The summed E-state index contributed by atoms with van der Waals surface area (Å²) < 4.78 is 47.9. The van der Waals surface area contributed by atoms with Gasteiger partial charge in [0.25, 0.3) is 0 Å². The molecule has 0 fully saturated rings. The number of halogens is 3. The maximum Gasteiger partial charge on any atom is 0.405 e. The third kappa shape index (κ3) is 14.6. The van der Waals surface area contributed by atoms with Crippen molar-refractivity contribution in [3.05, 3.63) is 35.1 Å². The minimum atomic E-state index is -1.21. The van der Waals surface area contributed by atoms with Crippen LogP contribution in [0.15, 0.2) is 12.1 Å². The molecule has 1 amide bonds. The van der Waals surface area contributed by atoms with Crippen LogP contribution in [0, 0.1) is 17.5 Å². The fraction of sp³-hybridized carbons (Fsp3) is 0.579. The van der Waals surface area contributed by atoms with Gasteiger partial charge in [0.15, 0.2) is 11.6 Å². The second kappa shape index (κ2) is 13.9. The van der Waals surface area contributed by atoms with Crippen molar-refractivity contribution in [3.8, 4) is 0 Å². The van der Waals surface area contributed by atoms with Crippen molar-refractivity contribution in [2.45, 2.75) is 66.4 Å². The third-order valence-electron chi connectivity index (χ3n) is 2.63. The van der Waals surface area contributed by atoms with Gasteiger partial charge < -0.3 is 15.2 Å². The number of rotatable bonds is 5. The summed E-state index contributed by atoms with van der Waals surface area (Å²) in [5.41, 5.74) is 4.33. The Kier molecular flexibility index (Phi) is 13.9. The number of esters is 1. The van der Waals surface area contributed by atoms with Crippen LogP contribution in [0.2, 0.25) is 0 Å². The maximum absolute atomic E-state index is 13.2. The predicted octanol–water partition coefficient (Wildman–Crippen LogP) is 4.90. The van der Waals surface area contributed by atoms with E-state index in [2.05, 4.69) is 9.47 Å². The van der Waals surface area contributed by atoms with Crippen LogP contribution in [-0.2, 0) is 20.7 Å². The lowest BCUT2D eigenvalue weighted by Gasteiger charge is -2.16. The maximum atomic E-state index is 13.2. The first-order valence-electron chi connectivity index (χ1n) is 8.73. The highest BCUT2D eigenvalue weighted by molar-refractivity contribution is 5.69. The van der Waals surface area contributed by atoms with Crippen molar-refractivity contribution in [1.29, 1.82) is 0 Å². The van der Waals surface area contributed by atoms with E-state index in [0.29, 0.717) is 19.1 Å². The van der Waals surface area contributed by atoms with Crippen molar-refractivity contribution in [3.63, 3.8) is 0 Å². The van der Waals surface area contributed by atoms with Gasteiger partial charge in [0.1, 0.15) is 11.4 Å². The lowest BCUT2D eigenvalue weighted by Crippen LogP contribution is -2.27. The molecule has 1 aromatic rings. The summed E-state index contributed by atoms with van der Waals surface area (Å²) in [7, 11) is 0. The Hall–Kier alpha value is -2.25. The monoisotopic (exact) mass is 393 g/mol. The summed E-state index contributed by atoms with van der Waals surface area (Å²) in [6.45, 7) is 11.3. The molecule has 0 unspecified atom stereocenters. The Labute approximate surface area is 159 Å². The zero-order chi connectivity index (χ0) is 21.6. The van der Waals surface area contributed by atoms with Gasteiger partial charge in [-0.2, -0.15) is 0 Å². The van der Waals surface area contributed by atoms with Crippen LogP contribution in [0.4, 0.5) is 18.0 Å². The van der Waals surface area contributed by atoms with Crippen LogP contribution in [0.5, 0.6) is 0 Å². The van der Waals surface area contributed by atoms with Gasteiger partial charge in [-0.25, -0.2) is 18.0 Å². The molecule has 2 N–H and O–H groups in total. The highest BCUT2D eigenvalue weighted by Crippen LogP contribution is 2.16. The number of hydrogen-bond donors (Lipinski definition) is 1. The summed E-state index contributed by atoms with van der Waals surface area (Å²) in [6, 6.07) is 1.32. The van der Waals surface area contributed by atoms with E-state index in [1.54, 1.807) is 27.7 Å². The first kappa shape index (κ1) is 27.0. The van der Waals surface area contributed by atoms with E-state index in [0.717, 1.165) is 6.07 Å². The molecule has 0 aliphatic rings. The number of ether oxygens (including phenoxy) is 2. The first-order valence-corrected chi connectivity index (χ1v) is 8.73. The zero-order valence-corrected chi connectivity index (χ0v) is 16.8. The average Bonchev–Trinajstić information content (AvgIpc) is 2.52. The summed E-state index contributed by atoms with van der Waals surface area (Å²) in [6.07, 6.45) is -0.0907. The van der Waals surface area contributed by atoms with Crippen LogP contribution >= 0.6 is 0 Å². The Morgan fingerprint density at radius 3 is 1.96 bits per heavy atom. The van der Waals surface area contributed by atoms with Gasteiger partial charge in [0.2, 0.25) is 0 Å². The standard InChI is InChI=1S/C12H13F3O2.C5H11NO2.C2H6/c1-2-17-12(16)5-3-4-8-6-10(14)11(15)7-9(8)13;1-5(2,3)8-4(6)7;1-2/h6-7H,2-5H2,1H3;1-3H3,(H2,6,7);1-2H3. The molecule has 27 heavy (non-hydrogen) atoms. The molecule has 8 heteroatoms. The van der Waals surface area contributed by atoms with Gasteiger partial charge in [-0.1, -0.05) is 13.8 Å². The molecule has 0 radical (unpaired) electrons. The topological polar surface area (TPSA) is 78.6 Å². The van der Waals surface area contributed by atoms with Crippen LogP contribution in [0.3, 0.4) is 0 Å². The number of carbonyl (C=O) groups is 2. The average molecular weight is 393 g/mol. The highest BCUT2D eigenvalue weighted by atomic mass is 19.2. The van der Waals surface area contributed by atoms with E-state index in [1.807, 2.05) is 13.8 Å². The Morgan fingerprint density at radius 1 is 1.04 bits per heavy atom. The van der Waals surface area contributed by atoms with Crippen molar-refractivity contribution in [2.75, 3.05) is 6.61 Å². The van der Waals surface area contributed by atoms with Gasteiger partial charge >= 0.3 is 12.1 Å². The van der Waals surface area contributed by atoms with Crippen molar-refractivity contribution >= 4 is 12.1 Å². The van der Waals surface area contributed by atoms with E-state index in [1.165, 1.54) is 0 Å². The van der Waals surface area contributed by atoms with Crippen molar-refractivity contribution in [2.24, 2.45) is 5.73 Å². The molecule has 0 heterocycles. The lowest BCUT2D eigenvalue weighted by atomic mass is 10.1. The van der Waals surface area contributed by atoms with E-state index >= 15 is 0 Å². The number of hydrogen-bond acceptors (Lipinski definition) is 4. The van der Waals surface area contributed by atoms with Gasteiger partial charge in [-0.05, 0) is 52.2 Å². The number of primary amides is 1. The molecule has 0 aliphatic carbocycles. The second-order valence-corrected chi connectivity index (χ2v) is 6.05. The summed E-state index contributed by atoms with van der Waals surface area (Å²) in [4.78, 5) is 21.0. The lowest BCUT2D eigenvalue weighted by molar-refractivity contribution is -0.143. The minimum Gasteiger partial charge on any atom is -0.466 e. The first-order chi connectivity index (χ1) is 12.5. The van der Waals surface area contributed by atoms with Crippen LogP contribution in [0.1, 0.15) is 59.9 Å². The molecule has 156 valence electrons. The predicted molar refractivity (Wildman–Crippen MR) is 97.7 cm³/mol. The van der Waals surface area contributed by atoms with Gasteiger partial charge in [-0.3, -0.25) is 4.79 Å². The quantitative estimate of drug-likeness (QED) is 0.570. The molecule has 1 rings (SSSR count). The summed E-state index contributed by atoms with van der Waals surface area (Å²) >= 11 is 0.